The highest BCUT2D eigenvalue weighted by Crippen LogP contribution is 2.24. The number of rotatable bonds is 9. The van der Waals surface area contributed by atoms with Gasteiger partial charge in [-0.25, -0.2) is 4.79 Å². The number of carbonyl (C=O) groups excluding carboxylic acids is 2. The van der Waals surface area contributed by atoms with Crippen LogP contribution in [0.5, 0.6) is 5.75 Å². The van der Waals surface area contributed by atoms with E-state index in [0.717, 1.165) is 50.1 Å². The van der Waals surface area contributed by atoms with Gasteiger partial charge in [0.05, 0.1) is 13.7 Å². The van der Waals surface area contributed by atoms with Gasteiger partial charge in [0.1, 0.15) is 11.4 Å². The van der Waals surface area contributed by atoms with E-state index in [9.17, 15) is 9.59 Å². The second-order valence-electron chi connectivity index (χ2n) is 8.98. The molecule has 1 aliphatic rings. The lowest BCUT2D eigenvalue weighted by atomic mass is 9.92. The van der Waals surface area contributed by atoms with Crippen molar-refractivity contribution in [3.8, 4) is 5.75 Å². The zero-order valence-corrected chi connectivity index (χ0v) is 18.9. The van der Waals surface area contributed by atoms with E-state index in [0.29, 0.717) is 25.4 Å². The molecule has 1 aliphatic heterocycles. The molecule has 30 heavy (non-hydrogen) atoms. The van der Waals surface area contributed by atoms with Gasteiger partial charge in [0, 0.05) is 19.5 Å². The second kappa shape index (κ2) is 11.8. The van der Waals surface area contributed by atoms with E-state index in [1.54, 1.807) is 0 Å². The van der Waals surface area contributed by atoms with Crippen LogP contribution >= 0.6 is 0 Å². The zero-order valence-electron chi connectivity index (χ0n) is 18.9. The molecule has 168 valence electrons. The molecule has 1 aromatic carbocycles. The van der Waals surface area contributed by atoms with E-state index in [4.69, 9.17) is 9.47 Å². The molecule has 1 saturated heterocycles. The number of hydrogen-bond acceptors (Lipinski definition) is 5. The summed E-state index contributed by atoms with van der Waals surface area (Å²) in [5.41, 5.74) is 0.669. The fourth-order valence-corrected chi connectivity index (χ4v) is 3.56. The van der Waals surface area contributed by atoms with Crippen LogP contribution in [0.15, 0.2) is 24.3 Å². The van der Waals surface area contributed by atoms with E-state index in [-0.39, 0.29) is 12.1 Å². The Morgan fingerprint density at radius 3 is 2.33 bits per heavy atom. The van der Waals surface area contributed by atoms with Crippen LogP contribution in [0.2, 0.25) is 0 Å². The lowest BCUT2D eigenvalue weighted by Gasteiger charge is -2.33. The number of hydrogen-bond donors (Lipinski definition) is 0. The Labute approximate surface area is 180 Å². The molecular formula is C24H37NO5. The minimum Gasteiger partial charge on any atom is -0.494 e. The molecule has 0 bridgehead atoms. The summed E-state index contributed by atoms with van der Waals surface area (Å²) in [5, 5.41) is 0. The van der Waals surface area contributed by atoms with Crippen LogP contribution < -0.4 is 4.74 Å². The molecule has 1 fully saturated rings. The standard InChI is InChI=1S/C24H37NO5/c1-24(2,3)30-23(27)25-16-14-19(15-17-25)7-5-6-18-29-21-11-8-20(9-12-21)10-13-22(26)28-4/h8-9,11-12,19H,5-7,10,13-18H2,1-4H3. The van der Waals surface area contributed by atoms with Crippen LogP contribution in [0, 0.1) is 5.92 Å². The summed E-state index contributed by atoms with van der Waals surface area (Å²) in [6.45, 7) is 7.99. The van der Waals surface area contributed by atoms with Gasteiger partial charge in [-0.1, -0.05) is 18.6 Å². The molecule has 0 aromatic heterocycles. The normalized spacial score (nSPS) is 15.0. The first-order valence-corrected chi connectivity index (χ1v) is 11.0. The summed E-state index contributed by atoms with van der Waals surface area (Å²) < 4.78 is 15.9. The number of piperidine rings is 1. The van der Waals surface area contributed by atoms with Crippen molar-refractivity contribution < 1.29 is 23.8 Å². The smallest absolute Gasteiger partial charge is 0.410 e. The fourth-order valence-electron chi connectivity index (χ4n) is 3.56. The summed E-state index contributed by atoms with van der Waals surface area (Å²) in [6, 6.07) is 7.91. The molecule has 6 nitrogen and oxygen atoms in total. The van der Waals surface area contributed by atoms with Crippen molar-refractivity contribution in [1.29, 1.82) is 0 Å². The molecule has 0 aliphatic carbocycles. The Morgan fingerprint density at radius 2 is 1.73 bits per heavy atom. The lowest BCUT2D eigenvalue weighted by molar-refractivity contribution is -0.140. The van der Waals surface area contributed by atoms with Crippen LogP contribution in [0.4, 0.5) is 4.79 Å². The van der Waals surface area contributed by atoms with Crippen molar-refractivity contribution >= 4 is 12.1 Å². The van der Waals surface area contributed by atoms with Crippen LogP contribution in [-0.2, 0) is 20.7 Å². The number of amides is 1. The number of esters is 1. The third-order valence-electron chi connectivity index (χ3n) is 5.31. The largest absolute Gasteiger partial charge is 0.494 e. The van der Waals surface area contributed by atoms with Crippen LogP contribution in [-0.4, -0.2) is 49.4 Å². The molecule has 0 saturated carbocycles. The maximum absolute atomic E-state index is 12.1. The highest BCUT2D eigenvalue weighted by molar-refractivity contribution is 5.69. The third-order valence-corrected chi connectivity index (χ3v) is 5.31. The van der Waals surface area contributed by atoms with Gasteiger partial charge in [0.25, 0.3) is 0 Å². The van der Waals surface area contributed by atoms with Gasteiger partial charge in [-0.05, 0) is 76.5 Å². The van der Waals surface area contributed by atoms with E-state index < -0.39 is 5.60 Å². The average Bonchev–Trinajstić information content (AvgIpc) is 2.71. The van der Waals surface area contributed by atoms with Crippen molar-refractivity contribution in [2.45, 2.75) is 71.3 Å². The molecule has 1 heterocycles. The van der Waals surface area contributed by atoms with Gasteiger partial charge < -0.3 is 19.1 Å². The minimum absolute atomic E-state index is 0.189. The quantitative estimate of drug-likeness (QED) is 0.417. The maximum atomic E-state index is 12.1. The number of unbranched alkanes of at least 4 members (excludes halogenated alkanes) is 1. The zero-order chi connectivity index (χ0) is 22.0. The van der Waals surface area contributed by atoms with Crippen LogP contribution in [0.1, 0.15) is 64.9 Å². The van der Waals surface area contributed by atoms with Crippen molar-refractivity contribution in [2.24, 2.45) is 5.92 Å². The minimum atomic E-state index is -0.433. The van der Waals surface area contributed by atoms with Crippen molar-refractivity contribution in [3.63, 3.8) is 0 Å². The molecule has 0 unspecified atom stereocenters. The van der Waals surface area contributed by atoms with Crippen LogP contribution in [0.3, 0.4) is 0 Å². The Bertz CT molecular complexity index is 657. The van der Waals surface area contributed by atoms with Crippen molar-refractivity contribution in [3.05, 3.63) is 29.8 Å². The molecule has 1 aromatic rings. The first-order chi connectivity index (χ1) is 14.3. The number of benzene rings is 1. The number of ether oxygens (including phenoxy) is 3. The number of methoxy groups -OCH3 is 1. The van der Waals surface area contributed by atoms with E-state index >= 15 is 0 Å². The number of carbonyl (C=O) groups is 2. The predicted molar refractivity (Wildman–Crippen MR) is 117 cm³/mol. The molecule has 0 N–H and O–H groups in total. The molecule has 0 atom stereocenters. The first kappa shape index (κ1) is 24.0. The average molecular weight is 420 g/mol. The Morgan fingerprint density at radius 1 is 1.07 bits per heavy atom. The topological polar surface area (TPSA) is 65.1 Å². The van der Waals surface area contributed by atoms with Gasteiger partial charge in [-0.3, -0.25) is 4.79 Å². The van der Waals surface area contributed by atoms with Crippen molar-refractivity contribution in [2.75, 3.05) is 26.8 Å². The third kappa shape index (κ3) is 9.06. The SMILES string of the molecule is COC(=O)CCc1ccc(OCCCCC2CCN(C(=O)OC(C)(C)C)CC2)cc1. The van der Waals surface area contributed by atoms with E-state index in [1.807, 2.05) is 49.9 Å². The lowest BCUT2D eigenvalue weighted by Crippen LogP contribution is -2.41. The summed E-state index contributed by atoms with van der Waals surface area (Å²) >= 11 is 0. The monoisotopic (exact) mass is 419 g/mol. The Kier molecular flexibility index (Phi) is 9.47. The summed E-state index contributed by atoms with van der Waals surface area (Å²) in [4.78, 5) is 25.2. The van der Waals surface area contributed by atoms with Gasteiger partial charge >= 0.3 is 12.1 Å². The molecule has 6 heteroatoms. The molecule has 1 amide bonds. The Balaban J connectivity index is 1.56. The Hall–Kier alpha value is -2.24. The van der Waals surface area contributed by atoms with Crippen molar-refractivity contribution in [1.82, 2.24) is 4.90 Å². The summed E-state index contributed by atoms with van der Waals surface area (Å²) in [5.74, 6) is 1.35. The van der Waals surface area contributed by atoms with Gasteiger partial charge in [-0.2, -0.15) is 0 Å². The number of aryl methyl sites for hydroxylation is 1. The number of nitrogens with zero attached hydrogens (tertiary/aromatic N) is 1. The van der Waals surface area contributed by atoms with Gasteiger partial charge in [0.2, 0.25) is 0 Å². The molecule has 0 radical (unpaired) electrons. The highest BCUT2D eigenvalue weighted by Gasteiger charge is 2.26. The predicted octanol–water partition coefficient (Wildman–Crippen LogP) is 4.99. The number of likely N-dealkylation sites (tertiary alicyclic amines) is 1. The maximum Gasteiger partial charge on any atom is 0.410 e. The molecular weight excluding hydrogens is 382 g/mol. The fraction of sp³-hybridized carbons (Fsp3) is 0.667. The van der Waals surface area contributed by atoms with E-state index in [1.165, 1.54) is 13.5 Å². The van der Waals surface area contributed by atoms with E-state index in [2.05, 4.69) is 4.74 Å². The second-order valence-corrected chi connectivity index (χ2v) is 8.98. The summed E-state index contributed by atoms with van der Waals surface area (Å²) in [6.07, 6.45) is 6.32. The molecule has 0 spiro atoms. The highest BCUT2D eigenvalue weighted by atomic mass is 16.6. The van der Waals surface area contributed by atoms with Gasteiger partial charge in [-0.15, -0.1) is 0 Å². The first-order valence-electron chi connectivity index (χ1n) is 11.0. The van der Waals surface area contributed by atoms with Crippen LogP contribution in [0.25, 0.3) is 0 Å². The summed E-state index contributed by atoms with van der Waals surface area (Å²) in [7, 11) is 1.41. The van der Waals surface area contributed by atoms with Gasteiger partial charge in [0.15, 0.2) is 0 Å². The molecule has 2 rings (SSSR count).